The zero-order chi connectivity index (χ0) is 17.9. The predicted octanol–water partition coefficient (Wildman–Crippen LogP) is 1.96. The number of para-hydroxylation sites is 1. The molecule has 0 bridgehead atoms. The molecule has 2 amide bonds. The summed E-state index contributed by atoms with van der Waals surface area (Å²) in [6.45, 7) is -0.0748. The smallest absolute Gasteiger partial charge is 0.331 e. The average molecular weight is 344 g/mol. The van der Waals surface area contributed by atoms with E-state index in [0.29, 0.717) is 19.3 Å². The second-order valence-corrected chi connectivity index (χ2v) is 6.79. The van der Waals surface area contributed by atoms with Crippen molar-refractivity contribution in [1.82, 2.24) is 5.32 Å². The number of carbonyl (C=O) groups excluding carboxylic acids is 3. The van der Waals surface area contributed by atoms with Gasteiger partial charge in [-0.2, -0.15) is 0 Å². The number of nitrogens with zero attached hydrogens (tertiary/aromatic N) is 1. The number of esters is 1. The van der Waals surface area contributed by atoms with Crippen molar-refractivity contribution in [2.24, 2.45) is 0 Å². The lowest BCUT2D eigenvalue weighted by Crippen LogP contribution is -2.55. The molecule has 2 aliphatic rings. The molecule has 1 aromatic carbocycles. The molecule has 25 heavy (non-hydrogen) atoms. The standard InChI is InChI=1S/C19H24N2O4/c1-25-18(24)19(11-4-5-12-19)20-16(22)13-21-15-9-3-2-7-14(15)8-6-10-17(21)23/h2-3,7,9H,4-6,8,10-13H2,1H3,(H,20,22). The molecule has 1 aromatic rings. The van der Waals surface area contributed by atoms with Crippen LogP contribution in [0.3, 0.4) is 0 Å². The Balaban J connectivity index is 1.78. The molecule has 1 saturated carbocycles. The SMILES string of the molecule is COC(=O)C1(NC(=O)CN2C(=O)CCCc3ccccc32)CCCC1. The first-order chi connectivity index (χ1) is 12.1. The summed E-state index contributed by atoms with van der Waals surface area (Å²) in [5.41, 5.74) is 0.920. The first kappa shape index (κ1) is 17.5. The zero-order valence-electron chi connectivity index (χ0n) is 14.5. The number of hydrogen-bond donors (Lipinski definition) is 1. The number of hydrogen-bond acceptors (Lipinski definition) is 4. The molecule has 1 aliphatic carbocycles. The van der Waals surface area contributed by atoms with Crippen molar-refractivity contribution in [3.8, 4) is 0 Å². The minimum absolute atomic E-state index is 0.0568. The molecule has 0 aromatic heterocycles. The Labute approximate surface area is 147 Å². The molecule has 6 nitrogen and oxygen atoms in total. The number of carbonyl (C=O) groups is 3. The maximum atomic E-state index is 12.6. The molecule has 0 radical (unpaired) electrons. The first-order valence-corrected chi connectivity index (χ1v) is 8.83. The van der Waals surface area contributed by atoms with Crippen molar-refractivity contribution in [2.45, 2.75) is 50.5 Å². The van der Waals surface area contributed by atoms with Gasteiger partial charge in [-0.1, -0.05) is 31.0 Å². The third-order valence-electron chi connectivity index (χ3n) is 5.13. The summed E-state index contributed by atoms with van der Waals surface area (Å²) in [5, 5.41) is 2.85. The van der Waals surface area contributed by atoms with Crippen molar-refractivity contribution >= 4 is 23.5 Å². The Morgan fingerprint density at radius 2 is 1.88 bits per heavy atom. The minimum atomic E-state index is -0.944. The number of fused-ring (bicyclic) bond motifs is 1. The van der Waals surface area contributed by atoms with Crippen LogP contribution < -0.4 is 10.2 Å². The summed E-state index contributed by atoms with van der Waals surface area (Å²) in [5.74, 6) is -0.781. The van der Waals surface area contributed by atoms with E-state index >= 15 is 0 Å². The lowest BCUT2D eigenvalue weighted by Gasteiger charge is -2.29. The fourth-order valence-corrected chi connectivity index (χ4v) is 3.86. The van der Waals surface area contributed by atoms with E-state index in [4.69, 9.17) is 4.74 Å². The van der Waals surface area contributed by atoms with Crippen LogP contribution in [0.25, 0.3) is 0 Å². The van der Waals surface area contributed by atoms with E-state index in [1.54, 1.807) is 0 Å². The van der Waals surface area contributed by atoms with Gasteiger partial charge in [0.05, 0.1) is 7.11 Å². The molecule has 0 atom stereocenters. The number of nitrogens with one attached hydrogen (secondary N) is 1. The van der Waals surface area contributed by atoms with Crippen LogP contribution in [0.5, 0.6) is 0 Å². The molecule has 0 saturated heterocycles. The van der Waals surface area contributed by atoms with Gasteiger partial charge in [0.25, 0.3) is 0 Å². The van der Waals surface area contributed by atoms with Crippen LogP contribution >= 0.6 is 0 Å². The van der Waals surface area contributed by atoms with Gasteiger partial charge in [-0.15, -0.1) is 0 Å². The van der Waals surface area contributed by atoms with Gasteiger partial charge in [-0.25, -0.2) is 4.79 Å². The van der Waals surface area contributed by atoms with E-state index in [9.17, 15) is 14.4 Å². The van der Waals surface area contributed by atoms with Crippen LogP contribution in [0.1, 0.15) is 44.1 Å². The van der Waals surface area contributed by atoms with Crippen molar-refractivity contribution in [2.75, 3.05) is 18.6 Å². The Morgan fingerprint density at radius 1 is 1.16 bits per heavy atom. The first-order valence-electron chi connectivity index (χ1n) is 8.83. The normalized spacial score (nSPS) is 19.1. The lowest BCUT2D eigenvalue weighted by atomic mass is 9.97. The molecule has 0 unspecified atom stereocenters. The largest absolute Gasteiger partial charge is 0.467 e. The molecule has 1 aliphatic heterocycles. The topological polar surface area (TPSA) is 75.7 Å². The summed E-state index contributed by atoms with van der Waals surface area (Å²) in [4.78, 5) is 38.8. The van der Waals surface area contributed by atoms with E-state index in [1.165, 1.54) is 12.0 Å². The molecule has 1 fully saturated rings. The van der Waals surface area contributed by atoms with Gasteiger partial charge in [-0.05, 0) is 37.3 Å². The van der Waals surface area contributed by atoms with Crippen LogP contribution in [0.2, 0.25) is 0 Å². The van der Waals surface area contributed by atoms with E-state index in [-0.39, 0.29) is 18.4 Å². The third-order valence-corrected chi connectivity index (χ3v) is 5.13. The molecular formula is C19H24N2O4. The van der Waals surface area contributed by atoms with Crippen LogP contribution in [0.4, 0.5) is 5.69 Å². The molecule has 134 valence electrons. The van der Waals surface area contributed by atoms with Gasteiger partial charge in [0.15, 0.2) is 0 Å². The number of methoxy groups -OCH3 is 1. The highest BCUT2D eigenvalue weighted by atomic mass is 16.5. The highest BCUT2D eigenvalue weighted by Gasteiger charge is 2.43. The van der Waals surface area contributed by atoms with Gasteiger partial charge < -0.3 is 15.0 Å². The summed E-state index contributed by atoms with van der Waals surface area (Å²) in [6, 6.07) is 7.68. The number of amides is 2. The summed E-state index contributed by atoms with van der Waals surface area (Å²) in [6.07, 6.45) is 4.93. The fraction of sp³-hybridized carbons (Fsp3) is 0.526. The van der Waals surface area contributed by atoms with Crippen molar-refractivity contribution in [3.63, 3.8) is 0 Å². The van der Waals surface area contributed by atoms with Crippen molar-refractivity contribution in [1.29, 1.82) is 0 Å². The second kappa shape index (κ2) is 7.25. The fourth-order valence-electron chi connectivity index (χ4n) is 3.86. The van der Waals surface area contributed by atoms with Crippen molar-refractivity contribution in [3.05, 3.63) is 29.8 Å². The summed E-state index contributed by atoms with van der Waals surface area (Å²) < 4.78 is 4.89. The highest BCUT2D eigenvalue weighted by Crippen LogP contribution is 2.31. The Morgan fingerprint density at radius 3 is 2.60 bits per heavy atom. The van der Waals surface area contributed by atoms with Gasteiger partial charge >= 0.3 is 5.97 Å². The summed E-state index contributed by atoms with van der Waals surface area (Å²) >= 11 is 0. The van der Waals surface area contributed by atoms with Gasteiger partial charge in [-0.3, -0.25) is 9.59 Å². The lowest BCUT2D eigenvalue weighted by molar-refractivity contribution is -0.150. The maximum Gasteiger partial charge on any atom is 0.331 e. The zero-order valence-corrected chi connectivity index (χ0v) is 14.5. The monoisotopic (exact) mass is 344 g/mol. The van der Waals surface area contributed by atoms with Crippen LogP contribution in [0.15, 0.2) is 24.3 Å². The number of aryl methyl sites for hydroxylation is 1. The minimum Gasteiger partial charge on any atom is -0.467 e. The number of anilines is 1. The van der Waals surface area contributed by atoms with Crippen LogP contribution in [-0.2, 0) is 25.5 Å². The average Bonchev–Trinajstić information content (AvgIpc) is 3.03. The summed E-state index contributed by atoms with van der Waals surface area (Å²) in [7, 11) is 1.34. The van der Waals surface area contributed by atoms with E-state index in [2.05, 4.69) is 5.32 Å². The molecule has 0 spiro atoms. The van der Waals surface area contributed by atoms with E-state index < -0.39 is 11.5 Å². The second-order valence-electron chi connectivity index (χ2n) is 6.79. The molecule has 3 rings (SSSR count). The van der Waals surface area contributed by atoms with Crippen LogP contribution in [0, 0.1) is 0 Å². The molecule has 6 heteroatoms. The number of rotatable bonds is 4. The predicted molar refractivity (Wildman–Crippen MR) is 93.1 cm³/mol. The Kier molecular flexibility index (Phi) is 5.06. The van der Waals surface area contributed by atoms with Gasteiger partial charge in [0.2, 0.25) is 11.8 Å². The van der Waals surface area contributed by atoms with Gasteiger partial charge in [0, 0.05) is 12.1 Å². The quantitative estimate of drug-likeness (QED) is 0.847. The highest BCUT2D eigenvalue weighted by molar-refractivity contribution is 6.00. The molecular weight excluding hydrogens is 320 g/mol. The van der Waals surface area contributed by atoms with Crippen LogP contribution in [-0.4, -0.2) is 37.0 Å². The van der Waals surface area contributed by atoms with E-state index in [0.717, 1.165) is 36.9 Å². The van der Waals surface area contributed by atoms with E-state index in [1.807, 2.05) is 24.3 Å². The Hall–Kier alpha value is -2.37. The van der Waals surface area contributed by atoms with Crippen molar-refractivity contribution < 1.29 is 19.1 Å². The number of benzene rings is 1. The number of ether oxygens (including phenoxy) is 1. The molecule has 1 heterocycles. The Bertz CT molecular complexity index is 680. The maximum absolute atomic E-state index is 12.6. The molecule has 1 N–H and O–H groups in total. The third kappa shape index (κ3) is 3.52. The van der Waals surface area contributed by atoms with Gasteiger partial charge in [0.1, 0.15) is 12.1 Å².